The van der Waals surface area contributed by atoms with Crippen molar-refractivity contribution in [3.8, 4) is 16.9 Å². The molecule has 0 N–H and O–H groups in total. The summed E-state index contributed by atoms with van der Waals surface area (Å²) in [5.41, 5.74) is 3.23. The van der Waals surface area contributed by atoms with Crippen LogP contribution in [0, 0.1) is 54.1 Å². The van der Waals surface area contributed by atoms with Crippen LogP contribution in [-0.4, -0.2) is 45.0 Å². The second-order valence-corrected chi connectivity index (χ2v) is 31.0. The molecule has 2 aromatic carbocycles. The van der Waals surface area contributed by atoms with E-state index in [4.69, 9.17) is 18.9 Å². The Bertz CT molecular complexity index is 2110. The average molecular weight is 1270 g/mol. The third kappa shape index (κ3) is 23.7. The van der Waals surface area contributed by atoms with E-state index in [1.54, 1.807) is 0 Å². The molecule has 2 unspecified atom stereocenters. The highest BCUT2D eigenvalue weighted by atomic mass is 16.6. The van der Waals surface area contributed by atoms with Crippen molar-refractivity contribution in [3.05, 3.63) is 54.1 Å². The van der Waals surface area contributed by atoms with Crippen LogP contribution in [0.25, 0.3) is 11.1 Å². The van der Waals surface area contributed by atoms with E-state index >= 15 is 4.79 Å². The lowest BCUT2D eigenvalue weighted by Gasteiger charge is -2.60. The van der Waals surface area contributed by atoms with Crippen molar-refractivity contribution >= 4 is 11.9 Å². The van der Waals surface area contributed by atoms with Gasteiger partial charge in [0.05, 0.1) is 30.8 Å². The maximum absolute atomic E-state index is 15.9. The van der Waals surface area contributed by atoms with Gasteiger partial charge in [0.1, 0.15) is 19.0 Å². The van der Waals surface area contributed by atoms with Gasteiger partial charge in [0.2, 0.25) is 0 Å². The van der Waals surface area contributed by atoms with Gasteiger partial charge in [-0.3, -0.25) is 4.79 Å². The summed E-state index contributed by atoms with van der Waals surface area (Å²) < 4.78 is 24.5. The van der Waals surface area contributed by atoms with Gasteiger partial charge in [-0.25, -0.2) is 4.79 Å². The van der Waals surface area contributed by atoms with Crippen LogP contribution in [0.5, 0.6) is 5.75 Å². The highest BCUT2D eigenvalue weighted by Crippen LogP contribution is 2.68. The van der Waals surface area contributed by atoms with Gasteiger partial charge >= 0.3 is 11.9 Å². The summed E-state index contributed by atoms with van der Waals surface area (Å²) in [5, 5.41) is 0. The number of rotatable bonds is 54. The summed E-state index contributed by atoms with van der Waals surface area (Å²) in [6.07, 6.45) is 40.1. The second-order valence-electron chi connectivity index (χ2n) is 31.0. The molecule has 2 atom stereocenters. The number of unbranched alkanes of at least 4 members (excludes halogenated alkanes) is 3. The molecule has 0 aliphatic rings. The molecule has 2 rings (SSSR count). The number of hydrogen-bond acceptors (Lipinski definition) is 6. The molecule has 528 valence electrons. The topological polar surface area (TPSA) is 71.1 Å². The van der Waals surface area contributed by atoms with Gasteiger partial charge in [-0.05, 0) is 168 Å². The molecule has 0 bridgehead atoms. The number of carbonyl (C=O) groups is 2. The molecule has 0 radical (unpaired) electrons. The van der Waals surface area contributed by atoms with Crippen molar-refractivity contribution in [1.82, 2.24) is 0 Å². The molecule has 6 heteroatoms. The Balaban J connectivity index is 3.08. The van der Waals surface area contributed by atoms with E-state index < -0.39 is 5.41 Å². The molecule has 0 aromatic heterocycles. The van der Waals surface area contributed by atoms with E-state index in [0.717, 1.165) is 61.8 Å². The van der Waals surface area contributed by atoms with Gasteiger partial charge in [0.15, 0.2) is 0 Å². The summed E-state index contributed by atoms with van der Waals surface area (Å²) in [5.74, 6) is 0.452. The minimum Gasteiger partial charge on any atom is -0.491 e. The molecule has 0 spiro atoms. The van der Waals surface area contributed by atoms with Crippen molar-refractivity contribution in [3.63, 3.8) is 0 Å². The first-order valence-corrected chi connectivity index (χ1v) is 39.1. The lowest BCUT2D eigenvalue weighted by molar-refractivity contribution is -0.163. The fraction of sp³-hybridized carbons (Fsp3) is 0.835. The number of ether oxygens (including phenoxy) is 4. The van der Waals surface area contributed by atoms with Crippen LogP contribution in [0.4, 0.5) is 0 Å². The van der Waals surface area contributed by atoms with Crippen molar-refractivity contribution in [2.45, 2.75) is 371 Å². The standard InChI is InChI=1S/C85H152O6/c1-23-44-46-55-83(62-77(26-4,27-5)28-6,63-78(29-7,30-8)31-9)68-84(64-79(32-10,33-11)34-12,69-85(65-80(35-13,36-14)37-15,66-81(38-16,39-17)40-18)67-82(41-19,42-20)43-21)61-76(22,25-3)75(87)91-60-58-88-57-59-89-73-53-51-71(52-54-73)70-47-49-72(50-48-70)74(86)90-56-45-24-2/h47-54H,23-46,55-69H2,1-22H3. The molecule has 2 aromatic rings. The predicted molar refractivity (Wildman–Crippen MR) is 396 cm³/mol. The van der Waals surface area contributed by atoms with E-state index in [2.05, 4.69) is 152 Å². The molecule has 0 saturated carbocycles. The average Bonchev–Trinajstić information content (AvgIpc) is 0.758. The zero-order chi connectivity index (χ0) is 68.5. The Labute approximate surface area is 566 Å². The third-order valence-electron chi connectivity index (χ3n) is 26.8. The molecule has 0 aliphatic carbocycles. The maximum atomic E-state index is 15.9. The summed E-state index contributed by atoms with van der Waals surface area (Å²) in [6.45, 7) is 56.6. The first-order valence-electron chi connectivity index (χ1n) is 39.1. The minimum atomic E-state index is -0.708. The summed E-state index contributed by atoms with van der Waals surface area (Å²) >= 11 is 0. The Morgan fingerprint density at radius 1 is 0.308 bits per heavy atom. The van der Waals surface area contributed by atoms with Crippen LogP contribution in [0.3, 0.4) is 0 Å². The lowest BCUT2D eigenvalue weighted by Crippen LogP contribution is -2.50. The van der Waals surface area contributed by atoms with E-state index in [0.29, 0.717) is 32.0 Å². The third-order valence-corrected chi connectivity index (χ3v) is 26.8. The molecule has 0 aliphatic heterocycles. The summed E-state index contributed by atoms with van der Waals surface area (Å²) in [6, 6.07) is 15.7. The molecule has 0 saturated heterocycles. The Morgan fingerprint density at radius 3 is 0.978 bits per heavy atom. The van der Waals surface area contributed by atoms with E-state index in [1.165, 1.54) is 173 Å². The number of hydrogen-bond donors (Lipinski definition) is 0. The Hall–Kier alpha value is -2.86. The van der Waals surface area contributed by atoms with Crippen molar-refractivity contribution < 1.29 is 28.5 Å². The van der Waals surface area contributed by atoms with Gasteiger partial charge in [-0.15, -0.1) is 0 Å². The van der Waals surface area contributed by atoms with E-state index in [-0.39, 0.29) is 67.3 Å². The largest absolute Gasteiger partial charge is 0.491 e. The monoisotopic (exact) mass is 1270 g/mol. The van der Waals surface area contributed by atoms with E-state index in [9.17, 15) is 4.79 Å². The van der Waals surface area contributed by atoms with Crippen molar-refractivity contribution in [1.29, 1.82) is 0 Å². The highest BCUT2D eigenvalue weighted by Gasteiger charge is 2.58. The van der Waals surface area contributed by atoms with Crippen LogP contribution in [0.1, 0.15) is 381 Å². The van der Waals surface area contributed by atoms with Crippen LogP contribution >= 0.6 is 0 Å². The minimum absolute atomic E-state index is 0.0340. The van der Waals surface area contributed by atoms with Crippen LogP contribution in [0.2, 0.25) is 0 Å². The first-order chi connectivity index (χ1) is 43.4. The Morgan fingerprint density at radius 2 is 0.626 bits per heavy atom. The Kier molecular flexibility index (Phi) is 37.6. The second kappa shape index (κ2) is 40.6. The number of carbonyl (C=O) groups excluding carboxylic acids is 2. The fourth-order valence-corrected chi connectivity index (χ4v) is 18.9. The van der Waals surface area contributed by atoms with Gasteiger partial charge in [-0.2, -0.15) is 0 Å². The number of esters is 2. The van der Waals surface area contributed by atoms with Crippen LogP contribution in [0.15, 0.2) is 48.5 Å². The van der Waals surface area contributed by atoms with Gasteiger partial charge < -0.3 is 18.9 Å². The molecule has 0 amide bonds. The van der Waals surface area contributed by atoms with E-state index in [1.807, 2.05) is 48.5 Å². The highest BCUT2D eigenvalue weighted by molar-refractivity contribution is 5.90. The van der Waals surface area contributed by atoms with Gasteiger partial charge in [0.25, 0.3) is 0 Å². The summed E-state index contributed by atoms with van der Waals surface area (Å²) in [4.78, 5) is 28.4. The van der Waals surface area contributed by atoms with Crippen molar-refractivity contribution in [2.75, 3.05) is 33.0 Å². The smallest absolute Gasteiger partial charge is 0.338 e. The van der Waals surface area contributed by atoms with Crippen LogP contribution < -0.4 is 4.74 Å². The SMILES string of the molecule is CCCCCC(CC(CC)(CC)CC)(CC(CC)(CC)CC)CC(CC(CC)(CC)CC)(CC(CC(CC)(CC)CC)(CC(CC)(CC)CC)CC(CC)(CC)CC)CC(C)(CC)C(=O)OCCOCCOc1ccc(-c2ccc(C(=O)OCCCC)cc2)cc1. The molecule has 0 fully saturated rings. The summed E-state index contributed by atoms with van der Waals surface area (Å²) in [7, 11) is 0. The fourth-order valence-electron chi connectivity index (χ4n) is 18.9. The lowest BCUT2D eigenvalue weighted by atomic mass is 9.45. The normalized spacial score (nSPS) is 14.5. The molecule has 6 nitrogen and oxygen atoms in total. The maximum Gasteiger partial charge on any atom is 0.338 e. The van der Waals surface area contributed by atoms with Crippen LogP contribution in [-0.2, 0) is 19.0 Å². The zero-order valence-corrected chi connectivity index (χ0v) is 64.6. The van der Waals surface area contributed by atoms with Crippen molar-refractivity contribution in [2.24, 2.45) is 54.1 Å². The molecular weight excluding hydrogens is 1120 g/mol. The number of benzene rings is 2. The van der Waals surface area contributed by atoms with Gasteiger partial charge in [0, 0.05) is 0 Å². The first kappa shape index (κ1) is 84.2. The zero-order valence-electron chi connectivity index (χ0n) is 64.6. The predicted octanol–water partition coefficient (Wildman–Crippen LogP) is 27.0. The molecule has 91 heavy (non-hydrogen) atoms. The quantitative estimate of drug-likeness (QED) is 0.0485. The van der Waals surface area contributed by atoms with Gasteiger partial charge in [-0.1, -0.05) is 311 Å². The molecular formula is C85H152O6. The molecule has 0 heterocycles.